The quantitative estimate of drug-likeness (QED) is 0.448. The van der Waals surface area contributed by atoms with Crippen molar-refractivity contribution in [1.82, 2.24) is 4.90 Å². The maximum Gasteiger partial charge on any atom is 0.237 e. The Bertz CT molecular complexity index is 1330. The first-order valence-corrected chi connectivity index (χ1v) is 11.3. The summed E-state index contributed by atoms with van der Waals surface area (Å²) in [6.07, 6.45) is -0.882. The summed E-state index contributed by atoms with van der Waals surface area (Å²) in [6, 6.07) is 23.1. The minimum atomic E-state index is -2.02. The van der Waals surface area contributed by atoms with Crippen molar-refractivity contribution < 1.29 is 23.9 Å². The number of hydrogen-bond donors (Lipinski definition) is 0. The molecule has 2 heterocycles. The molecule has 2 amide bonds. The second-order valence-corrected chi connectivity index (χ2v) is 9.14. The van der Waals surface area contributed by atoms with Crippen molar-refractivity contribution in [2.24, 2.45) is 11.8 Å². The summed E-state index contributed by atoms with van der Waals surface area (Å²) < 4.78 is 6.26. The molecule has 3 aliphatic rings. The predicted octanol–water partition coefficient (Wildman–Crippen LogP) is 3.69. The van der Waals surface area contributed by atoms with Crippen molar-refractivity contribution in [3.8, 4) is 0 Å². The summed E-state index contributed by atoms with van der Waals surface area (Å²) in [6.45, 7) is 2.04. The Morgan fingerprint density at radius 3 is 1.97 bits per heavy atom. The maximum atomic E-state index is 13.8. The molecule has 0 radical (unpaired) electrons. The fraction of sp³-hybridized carbons (Fsp3) is 0.214. The van der Waals surface area contributed by atoms with Gasteiger partial charge in [0, 0.05) is 11.1 Å². The van der Waals surface area contributed by atoms with Crippen LogP contribution >= 0.6 is 0 Å². The summed E-state index contributed by atoms with van der Waals surface area (Å²) in [5.41, 5.74) is 0.963. The largest absolute Gasteiger partial charge is 0.349 e. The van der Waals surface area contributed by atoms with Crippen LogP contribution in [0.1, 0.15) is 43.5 Å². The van der Waals surface area contributed by atoms with E-state index < -0.39 is 46.9 Å². The highest BCUT2D eigenvalue weighted by molar-refractivity contribution is 6.35. The molecule has 1 aliphatic carbocycles. The average molecular weight is 451 g/mol. The third-order valence-corrected chi connectivity index (χ3v) is 7.20. The number of ketones is 2. The zero-order chi connectivity index (χ0) is 23.6. The van der Waals surface area contributed by atoms with Crippen LogP contribution in [0.2, 0.25) is 0 Å². The number of hydrogen-bond acceptors (Lipinski definition) is 5. The second-order valence-electron chi connectivity index (χ2n) is 9.14. The van der Waals surface area contributed by atoms with Crippen LogP contribution in [0.4, 0.5) is 0 Å². The number of aryl methyl sites for hydroxylation is 1. The normalized spacial score (nSPS) is 24.7. The van der Waals surface area contributed by atoms with Crippen molar-refractivity contribution >= 4 is 23.4 Å². The lowest BCUT2D eigenvalue weighted by Crippen LogP contribution is -2.50. The Balaban J connectivity index is 1.48. The zero-order valence-electron chi connectivity index (χ0n) is 18.4. The molecule has 0 N–H and O–H groups in total. The first-order chi connectivity index (χ1) is 16.4. The molecule has 6 heteroatoms. The van der Waals surface area contributed by atoms with Gasteiger partial charge in [0.25, 0.3) is 0 Å². The van der Waals surface area contributed by atoms with Crippen LogP contribution in [0.3, 0.4) is 0 Å². The van der Waals surface area contributed by atoms with E-state index in [1.54, 1.807) is 48.5 Å². The maximum absolute atomic E-state index is 13.8. The number of Topliss-reactive ketones (excluding diaryl/α,β-unsaturated/α-hetero) is 2. The number of rotatable bonds is 3. The van der Waals surface area contributed by atoms with Gasteiger partial charge in [-0.15, -0.1) is 0 Å². The van der Waals surface area contributed by atoms with E-state index in [-0.39, 0.29) is 17.7 Å². The highest BCUT2D eigenvalue weighted by Crippen LogP contribution is 2.57. The van der Waals surface area contributed by atoms with Crippen molar-refractivity contribution in [2.75, 3.05) is 0 Å². The summed E-state index contributed by atoms with van der Waals surface area (Å²) >= 11 is 0. The Morgan fingerprint density at radius 2 is 1.35 bits per heavy atom. The first kappa shape index (κ1) is 20.7. The first-order valence-electron chi connectivity index (χ1n) is 11.3. The SMILES string of the molecule is Cc1ccc(CN2C(=O)[C@H]3[C@@H](C2=O)C2(O[C@H]3c3ccccc3)C(=O)c3ccccc3C2=O)cc1. The van der Waals surface area contributed by atoms with Gasteiger partial charge in [-0.2, -0.15) is 0 Å². The molecule has 6 nitrogen and oxygen atoms in total. The van der Waals surface area contributed by atoms with E-state index in [0.29, 0.717) is 5.56 Å². The molecule has 0 bridgehead atoms. The standard InChI is InChI=1S/C28H21NO5/c1-16-11-13-17(14-12-16)15-29-26(32)21-22(27(29)33)28(34-23(21)18-7-3-2-4-8-18)24(30)19-9-5-6-10-20(19)25(28)31/h2-14,21-23H,15H2,1H3/t21-,22-,23-/m0/s1. The van der Waals surface area contributed by atoms with Crippen LogP contribution in [0.5, 0.6) is 0 Å². The molecule has 168 valence electrons. The number of benzene rings is 3. The highest BCUT2D eigenvalue weighted by atomic mass is 16.5. The van der Waals surface area contributed by atoms with Crippen LogP contribution < -0.4 is 0 Å². The van der Waals surface area contributed by atoms with Crippen LogP contribution in [-0.4, -0.2) is 33.9 Å². The van der Waals surface area contributed by atoms with Gasteiger partial charge in [-0.1, -0.05) is 84.4 Å². The van der Waals surface area contributed by atoms with Crippen molar-refractivity contribution in [3.63, 3.8) is 0 Å². The van der Waals surface area contributed by atoms with Gasteiger partial charge in [0.2, 0.25) is 29.0 Å². The molecule has 3 atom stereocenters. The number of likely N-dealkylation sites (tertiary alicyclic amines) is 1. The molecule has 2 saturated heterocycles. The van der Waals surface area contributed by atoms with Gasteiger partial charge in [0.15, 0.2) is 0 Å². The van der Waals surface area contributed by atoms with Gasteiger partial charge in [-0.3, -0.25) is 24.1 Å². The molecule has 0 aromatic heterocycles. The molecular weight excluding hydrogens is 430 g/mol. The topological polar surface area (TPSA) is 80.8 Å². The van der Waals surface area contributed by atoms with Crippen LogP contribution in [0.25, 0.3) is 0 Å². The second kappa shape index (κ2) is 7.30. The summed E-state index contributed by atoms with van der Waals surface area (Å²) in [5, 5.41) is 0. The van der Waals surface area contributed by atoms with Gasteiger partial charge in [-0.25, -0.2) is 0 Å². The van der Waals surface area contributed by atoms with Gasteiger partial charge < -0.3 is 4.74 Å². The zero-order valence-corrected chi connectivity index (χ0v) is 18.4. The number of imide groups is 1. The van der Waals surface area contributed by atoms with E-state index in [4.69, 9.17) is 4.74 Å². The molecule has 0 saturated carbocycles. The average Bonchev–Trinajstić information content (AvgIpc) is 3.42. The number of amides is 2. The highest BCUT2D eigenvalue weighted by Gasteiger charge is 2.74. The summed E-state index contributed by atoms with van der Waals surface area (Å²) in [7, 11) is 0. The molecule has 34 heavy (non-hydrogen) atoms. The van der Waals surface area contributed by atoms with Gasteiger partial charge >= 0.3 is 0 Å². The van der Waals surface area contributed by atoms with Gasteiger partial charge in [0.05, 0.1) is 24.5 Å². The lowest BCUT2D eigenvalue weighted by atomic mass is 9.77. The molecule has 3 aromatic rings. The number of nitrogens with zero attached hydrogens (tertiary/aromatic N) is 1. The number of fused-ring (bicyclic) bond motifs is 3. The fourth-order valence-electron chi connectivity index (χ4n) is 5.55. The van der Waals surface area contributed by atoms with Crippen LogP contribution in [0.15, 0.2) is 78.9 Å². The number of ether oxygens (including phenoxy) is 1. The summed E-state index contributed by atoms with van der Waals surface area (Å²) in [5.74, 6) is -4.20. The van der Waals surface area contributed by atoms with E-state index in [2.05, 4.69) is 0 Å². The van der Waals surface area contributed by atoms with E-state index >= 15 is 0 Å². The smallest absolute Gasteiger partial charge is 0.237 e. The van der Waals surface area contributed by atoms with Gasteiger partial charge in [-0.05, 0) is 18.1 Å². The lowest BCUT2D eigenvalue weighted by molar-refractivity contribution is -0.145. The molecule has 2 aliphatic heterocycles. The molecule has 1 spiro atoms. The van der Waals surface area contributed by atoms with Crippen molar-refractivity contribution in [2.45, 2.75) is 25.2 Å². The predicted molar refractivity (Wildman–Crippen MR) is 122 cm³/mol. The summed E-state index contributed by atoms with van der Waals surface area (Å²) in [4.78, 5) is 56.0. The molecule has 3 aromatic carbocycles. The van der Waals surface area contributed by atoms with Crippen molar-refractivity contribution in [1.29, 1.82) is 0 Å². The third-order valence-electron chi connectivity index (χ3n) is 7.20. The molecule has 6 rings (SSSR count). The van der Waals surface area contributed by atoms with E-state index in [1.165, 1.54) is 4.90 Å². The van der Waals surface area contributed by atoms with Crippen LogP contribution in [0, 0.1) is 18.8 Å². The molecular formula is C28H21NO5. The monoisotopic (exact) mass is 451 g/mol. The van der Waals surface area contributed by atoms with Crippen LogP contribution in [-0.2, 0) is 20.9 Å². The third kappa shape index (κ3) is 2.66. The minimum Gasteiger partial charge on any atom is -0.349 e. The number of carbonyl (C=O) groups excluding carboxylic acids is 4. The Labute approximate surface area is 196 Å². The Hall–Kier alpha value is -3.90. The fourth-order valence-corrected chi connectivity index (χ4v) is 5.55. The lowest BCUT2D eigenvalue weighted by Gasteiger charge is -2.27. The Morgan fingerprint density at radius 1 is 0.765 bits per heavy atom. The minimum absolute atomic E-state index is 0.0812. The van der Waals surface area contributed by atoms with Gasteiger partial charge in [0.1, 0.15) is 0 Å². The molecule has 0 unspecified atom stereocenters. The van der Waals surface area contributed by atoms with E-state index in [1.807, 2.05) is 37.3 Å². The van der Waals surface area contributed by atoms with E-state index in [9.17, 15) is 19.2 Å². The molecule has 2 fully saturated rings. The van der Waals surface area contributed by atoms with E-state index in [0.717, 1.165) is 11.1 Å². The Kier molecular flexibility index (Phi) is 4.44. The van der Waals surface area contributed by atoms with Crippen molar-refractivity contribution in [3.05, 3.63) is 107 Å². The number of carbonyl (C=O) groups is 4.